The van der Waals surface area contributed by atoms with Gasteiger partial charge >= 0.3 is 6.03 Å². The van der Waals surface area contributed by atoms with Gasteiger partial charge in [-0.15, -0.1) is 23.1 Å². The Bertz CT molecular complexity index is 1010. The van der Waals surface area contributed by atoms with E-state index >= 15 is 0 Å². The highest BCUT2D eigenvalue weighted by Gasteiger charge is 2.24. The lowest BCUT2D eigenvalue weighted by Crippen LogP contribution is -2.38. The number of urea groups is 1. The van der Waals surface area contributed by atoms with Gasteiger partial charge in [-0.2, -0.15) is 0 Å². The summed E-state index contributed by atoms with van der Waals surface area (Å²) in [5.74, 6) is 1.55. The number of thioether (sulfide) groups is 1. The molecule has 2 aromatic heterocycles. The number of thiazole rings is 2. The number of hydrogen-bond donors (Lipinski definition) is 2. The predicted octanol–water partition coefficient (Wildman–Crippen LogP) is 6.10. The van der Waals surface area contributed by atoms with Gasteiger partial charge < -0.3 is 5.11 Å². The second kappa shape index (κ2) is 11.4. The number of aromatic nitrogens is 2. The number of carboxylic acid groups (broad SMARTS) is 1. The third kappa shape index (κ3) is 6.41. The monoisotopic (exact) mass is 478 g/mol. The number of carbonyl (C=O) groups is 2. The minimum Gasteiger partial charge on any atom is -0.483 e. The van der Waals surface area contributed by atoms with Crippen LogP contribution in [0, 0.1) is 12.8 Å². The van der Waals surface area contributed by atoms with Gasteiger partial charge in [-0.1, -0.05) is 31.1 Å². The van der Waals surface area contributed by atoms with Crippen molar-refractivity contribution < 1.29 is 14.7 Å². The Morgan fingerprint density at radius 3 is 2.81 bits per heavy atom. The van der Waals surface area contributed by atoms with Gasteiger partial charge in [0.15, 0.2) is 5.13 Å². The lowest BCUT2D eigenvalue weighted by Gasteiger charge is -2.25. The second-order valence-electron chi connectivity index (χ2n) is 7.10. The van der Waals surface area contributed by atoms with Gasteiger partial charge in [-0.05, 0) is 49.6 Å². The summed E-state index contributed by atoms with van der Waals surface area (Å²) in [6.07, 6.45) is 6.73. The zero-order valence-electron chi connectivity index (χ0n) is 17.5. The van der Waals surface area contributed by atoms with E-state index in [0.717, 1.165) is 37.4 Å². The van der Waals surface area contributed by atoms with Crippen LogP contribution in [0.2, 0.25) is 0 Å². The van der Waals surface area contributed by atoms with Gasteiger partial charge in [-0.3, -0.25) is 15.0 Å². The minimum absolute atomic E-state index is 0.111. The number of hydrogen-bond acceptors (Lipinski definition) is 7. The zero-order chi connectivity index (χ0) is 22.2. The van der Waals surface area contributed by atoms with Gasteiger partial charge in [0, 0.05) is 12.2 Å². The summed E-state index contributed by atoms with van der Waals surface area (Å²) in [6.45, 7) is 4.62. The number of nitrogens with zero attached hydrogens (tertiary/aromatic N) is 3. The predicted molar refractivity (Wildman–Crippen MR) is 130 cm³/mol. The zero-order valence-corrected chi connectivity index (χ0v) is 20.0. The number of aryl methyl sites for hydroxylation is 1. The highest BCUT2D eigenvalue weighted by molar-refractivity contribution is 8.01. The Balaban J connectivity index is 0.000000858. The first-order chi connectivity index (χ1) is 15.0. The normalized spacial score (nSPS) is 13.6. The minimum atomic E-state index is -0.250. The summed E-state index contributed by atoms with van der Waals surface area (Å²) in [5, 5.41) is 11.6. The largest absolute Gasteiger partial charge is 0.483 e. The van der Waals surface area contributed by atoms with E-state index in [-0.39, 0.29) is 12.5 Å². The standard InChI is InChI=1S/C20H24N4OS3.CH2O2/c1-3-26-18-11-21-19(28-18)23-20(25)24(12-14-6-4-5-7-14)15-8-9-17-16(10-15)22-13(2)27-17;2-1-3/h8-11,14H,3-7,12H2,1-2H3,(H,21,23,25);1H,(H,2,3). The molecule has 0 saturated heterocycles. The second-order valence-corrected chi connectivity index (χ2v) is 10.9. The van der Waals surface area contributed by atoms with Gasteiger partial charge in [0.1, 0.15) is 0 Å². The molecule has 1 aliphatic rings. The van der Waals surface area contributed by atoms with Crippen molar-refractivity contribution in [1.82, 2.24) is 9.97 Å². The molecule has 7 nitrogen and oxygen atoms in total. The van der Waals surface area contributed by atoms with Crippen molar-refractivity contribution >= 4 is 68.0 Å². The maximum absolute atomic E-state index is 13.2. The van der Waals surface area contributed by atoms with Crippen LogP contribution >= 0.6 is 34.4 Å². The lowest BCUT2D eigenvalue weighted by molar-refractivity contribution is -0.122. The maximum Gasteiger partial charge on any atom is 0.328 e. The molecule has 1 aromatic carbocycles. The summed E-state index contributed by atoms with van der Waals surface area (Å²) in [5.41, 5.74) is 1.86. The SMILES string of the molecule is CCSc1cnc(NC(=O)N(CC2CCCC2)c2ccc3sc(C)nc3c2)s1.O=CO. The third-order valence-electron chi connectivity index (χ3n) is 4.94. The van der Waals surface area contributed by atoms with E-state index in [2.05, 4.69) is 28.3 Å². The van der Waals surface area contributed by atoms with Crippen molar-refractivity contribution in [2.24, 2.45) is 5.92 Å². The average Bonchev–Trinajstić information content (AvgIpc) is 3.47. The third-order valence-corrected chi connectivity index (χ3v) is 7.88. The Labute approximate surface area is 193 Å². The molecule has 2 amide bonds. The number of benzene rings is 1. The van der Waals surface area contributed by atoms with Crippen LogP contribution in [0.25, 0.3) is 10.2 Å². The molecule has 0 spiro atoms. The molecule has 2 heterocycles. The van der Waals surface area contributed by atoms with Crippen molar-refractivity contribution in [3.8, 4) is 0 Å². The van der Waals surface area contributed by atoms with Crippen molar-refractivity contribution in [3.05, 3.63) is 29.4 Å². The molecular weight excluding hydrogens is 452 g/mol. The lowest BCUT2D eigenvalue weighted by atomic mass is 10.1. The van der Waals surface area contributed by atoms with Gasteiger partial charge in [-0.25, -0.2) is 14.8 Å². The van der Waals surface area contributed by atoms with Gasteiger partial charge in [0.05, 0.1) is 25.6 Å². The summed E-state index contributed by atoms with van der Waals surface area (Å²) < 4.78 is 2.28. The summed E-state index contributed by atoms with van der Waals surface area (Å²) in [7, 11) is 0. The van der Waals surface area contributed by atoms with Gasteiger partial charge in [0.25, 0.3) is 6.47 Å². The fourth-order valence-electron chi connectivity index (χ4n) is 3.64. The molecule has 31 heavy (non-hydrogen) atoms. The van der Waals surface area contributed by atoms with Gasteiger partial charge in [0.2, 0.25) is 0 Å². The average molecular weight is 479 g/mol. The number of carbonyl (C=O) groups excluding carboxylic acids is 1. The molecule has 2 N–H and O–H groups in total. The topological polar surface area (TPSA) is 95.4 Å². The maximum atomic E-state index is 13.2. The molecule has 1 fully saturated rings. The highest BCUT2D eigenvalue weighted by Crippen LogP contribution is 2.32. The highest BCUT2D eigenvalue weighted by atomic mass is 32.2. The molecule has 1 aliphatic carbocycles. The number of rotatable bonds is 6. The molecule has 0 radical (unpaired) electrons. The summed E-state index contributed by atoms with van der Waals surface area (Å²) >= 11 is 4.95. The molecular formula is C21H26N4O3S3. The molecule has 166 valence electrons. The Morgan fingerprint density at radius 1 is 1.35 bits per heavy atom. The Hall–Kier alpha value is -2.17. The Kier molecular flexibility index (Phi) is 8.68. The van der Waals surface area contributed by atoms with Crippen molar-refractivity contribution in [2.45, 2.75) is 43.7 Å². The molecule has 0 atom stereocenters. The van der Waals surface area contributed by atoms with Crippen LogP contribution in [0.1, 0.15) is 37.6 Å². The number of fused-ring (bicyclic) bond motifs is 1. The molecule has 3 aromatic rings. The van der Waals surface area contributed by atoms with Crippen molar-refractivity contribution in [2.75, 3.05) is 22.5 Å². The molecule has 1 saturated carbocycles. The number of anilines is 2. The Morgan fingerprint density at radius 2 is 2.10 bits per heavy atom. The van der Waals surface area contributed by atoms with Crippen LogP contribution in [0.4, 0.5) is 15.6 Å². The van der Waals surface area contributed by atoms with Crippen LogP contribution in [0.15, 0.2) is 28.6 Å². The van der Waals surface area contributed by atoms with E-state index in [0.29, 0.717) is 11.0 Å². The fourth-order valence-corrected chi connectivity index (χ4v) is 6.23. The molecule has 0 aliphatic heterocycles. The van der Waals surface area contributed by atoms with Crippen LogP contribution in [0.3, 0.4) is 0 Å². The summed E-state index contributed by atoms with van der Waals surface area (Å²) in [4.78, 5) is 32.4. The van der Waals surface area contributed by atoms with Crippen LogP contribution in [-0.4, -0.2) is 39.9 Å². The smallest absolute Gasteiger partial charge is 0.328 e. The molecule has 0 bridgehead atoms. The quantitative estimate of drug-likeness (QED) is 0.328. The molecule has 10 heteroatoms. The van der Waals surface area contributed by atoms with E-state index < -0.39 is 0 Å². The van der Waals surface area contributed by atoms with E-state index in [9.17, 15) is 4.79 Å². The first-order valence-corrected chi connectivity index (χ1v) is 12.8. The number of amides is 2. The van der Waals surface area contributed by atoms with E-state index in [1.54, 1.807) is 23.1 Å². The first kappa shape index (κ1) is 23.5. The van der Waals surface area contributed by atoms with E-state index in [1.165, 1.54) is 37.0 Å². The molecule has 0 unspecified atom stereocenters. The van der Waals surface area contributed by atoms with E-state index in [1.807, 2.05) is 30.2 Å². The van der Waals surface area contributed by atoms with Crippen LogP contribution in [-0.2, 0) is 4.79 Å². The fraction of sp³-hybridized carbons (Fsp3) is 0.429. The van der Waals surface area contributed by atoms with Crippen LogP contribution in [0.5, 0.6) is 0 Å². The first-order valence-electron chi connectivity index (χ1n) is 10.2. The molecule has 4 rings (SSSR count). The van der Waals surface area contributed by atoms with E-state index in [4.69, 9.17) is 9.90 Å². The summed E-state index contributed by atoms with van der Waals surface area (Å²) in [6, 6.07) is 6.03. The van der Waals surface area contributed by atoms with Crippen molar-refractivity contribution in [3.63, 3.8) is 0 Å². The van der Waals surface area contributed by atoms with Crippen molar-refractivity contribution in [1.29, 1.82) is 0 Å². The van der Waals surface area contributed by atoms with Crippen LogP contribution < -0.4 is 10.2 Å². The number of nitrogens with one attached hydrogen (secondary N) is 1.